The maximum atomic E-state index is 12.2. The number of carboxylic acid groups (broad SMARTS) is 1. The lowest BCUT2D eigenvalue weighted by molar-refractivity contribution is -0.141. The van der Waals surface area contributed by atoms with Gasteiger partial charge >= 0.3 is 5.97 Å². The van der Waals surface area contributed by atoms with Gasteiger partial charge in [0.25, 0.3) is 5.91 Å². The molecule has 0 aliphatic carbocycles. The molecule has 124 valence electrons. The first-order valence-electron chi connectivity index (χ1n) is 7.87. The maximum Gasteiger partial charge on any atom is 0.326 e. The zero-order valence-corrected chi connectivity index (χ0v) is 14.9. The van der Waals surface area contributed by atoms with Gasteiger partial charge in [0.2, 0.25) is 0 Å². The summed E-state index contributed by atoms with van der Waals surface area (Å²) in [6.07, 6.45) is 7.08. The molecule has 0 aromatic carbocycles. The fraction of sp³-hybridized carbons (Fsp3) is 0.588. The fourth-order valence-electron chi connectivity index (χ4n) is 2.39. The van der Waals surface area contributed by atoms with Crippen molar-refractivity contribution >= 4 is 24.6 Å². The van der Waals surface area contributed by atoms with Crippen molar-refractivity contribution in [1.82, 2.24) is 5.32 Å². The van der Waals surface area contributed by atoms with Crippen molar-refractivity contribution in [1.29, 1.82) is 0 Å². The third-order valence-corrected chi connectivity index (χ3v) is 5.71. The molecule has 0 radical (unpaired) electrons. The number of carbonyl (C=O) groups excluding carboxylic acids is 1. The minimum Gasteiger partial charge on any atom is -0.480 e. The van der Waals surface area contributed by atoms with Crippen LogP contribution in [0.2, 0.25) is 0 Å². The molecule has 4 nitrogen and oxygen atoms in total. The smallest absolute Gasteiger partial charge is 0.326 e. The fourth-order valence-corrected chi connectivity index (χ4v) is 3.58. The van der Waals surface area contributed by atoms with E-state index >= 15 is 0 Å². The molecule has 0 aromatic rings. The molecule has 0 bridgehead atoms. The Morgan fingerprint density at radius 1 is 1.27 bits per heavy atom. The molecule has 1 amide bonds. The van der Waals surface area contributed by atoms with Crippen LogP contribution in [-0.2, 0) is 9.59 Å². The van der Waals surface area contributed by atoms with Crippen molar-refractivity contribution in [2.75, 3.05) is 13.3 Å². The summed E-state index contributed by atoms with van der Waals surface area (Å²) in [5.41, 5.74) is 0.534. The van der Waals surface area contributed by atoms with Crippen LogP contribution in [0.25, 0.3) is 0 Å². The van der Waals surface area contributed by atoms with Crippen LogP contribution < -0.4 is 5.32 Å². The highest BCUT2D eigenvalue weighted by atomic mass is 31.2. The molecular formula is C17H28NO3P. The van der Waals surface area contributed by atoms with Crippen LogP contribution in [0.5, 0.6) is 0 Å². The third kappa shape index (κ3) is 6.23. The first-order valence-corrected chi connectivity index (χ1v) is 10.7. The van der Waals surface area contributed by atoms with E-state index < -0.39 is 18.9 Å². The molecule has 0 aromatic heterocycles. The molecule has 1 rings (SSSR count). The average molecular weight is 325 g/mol. The summed E-state index contributed by atoms with van der Waals surface area (Å²) in [5.74, 6) is 3.33. The van der Waals surface area contributed by atoms with Gasteiger partial charge in [0.15, 0.2) is 0 Å². The lowest BCUT2D eigenvalue weighted by Crippen LogP contribution is -2.41. The molecule has 1 heterocycles. The van der Waals surface area contributed by atoms with Crippen LogP contribution in [0, 0.1) is 5.92 Å². The third-order valence-electron chi connectivity index (χ3n) is 3.87. The minimum absolute atomic E-state index is 0.303. The quantitative estimate of drug-likeness (QED) is 0.673. The summed E-state index contributed by atoms with van der Waals surface area (Å²) in [5, 5.41) is 11.9. The van der Waals surface area contributed by atoms with E-state index in [4.69, 9.17) is 0 Å². The number of hydrogen-bond acceptors (Lipinski definition) is 2. The van der Waals surface area contributed by atoms with E-state index in [1.54, 1.807) is 0 Å². The van der Waals surface area contributed by atoms with Gasteiger partial charge in [-0.1, -0.05) is 45.2 Å². The average Bonchev–Trinajstić information content (AvgIpc) is 2.43. The van der Waals surface area contributed by atoms with E-state index in [-0.39, 0.29) is 5.91 Å². The first kappa shape index (κ1) is 18.8. The summed E-state index contributed by atoms with van der Waals surface area (Å²) in [6, 6.07) is -0.814. The van der Waals surface area contributed by atoms with Crippen LogP contribution in [-0.4, -0.2) is 42.2 Å². The highest BCUT2D eigenvalue weighted by Crippen LogP contribution is 2.41. The first-order chi connectivity index (χ1) is 10.2. The van der Waals surface area contributed by atoms with E-state index in [2.05, 4.69) is 44.1 Å². The molecule has 2 atom stereocenters. The SMILES string of the molecule is CCCC(C)CCC(NC(=O)C1=CC=P(C)(C)C=C1)C(=O)O. The van der Waals surface area contributed by atoms with E-state index in [1.807, 2.05) is 12.2 Å². The Labute approximate surface area is 133 Å². The van der Waals surface area contributed by atoms with Crippen molar-refractivity contribution in [2.45, 2.75) is 45.6 Å². The number of carboxylic acids is 1. The zero-order valence-electron chi connectivity index (χ0n) is 14.0. The lowest BCUT2D eigenvalue weighted by Gasteiger charge is -2.19. The van der Waals surface area contributed by atoms with E-state index in [9.17, 15) is 14.7 Å². The lowest BCUT2D eigenvalue weighted by atomic mass is 9.97. The predicted octanol–water partition coefficient (Wildman–Crippen LogP) is 3.31. The molecule has 1 aliphatic heterocycles. The van der Waals surface area contributed by atoms with Crippen LogP contribution in [0.1, 0.15) is 39.5 Å². The van der Waals surface area contributed by atoms with Gasteiger partial charge in [0.1, 0.15) is 6.04 Å². The summed E-state index contributed by atoms with van der Waals surface area (Å²) >= 11 is 0. The Kier molecular flexibility index (Phi) is 7.15. The Balaban J connectivity index is 2.63. The number of hydrogen-bond donors (Lipinski definition) is 2. The minimum atomic E-state index is -1.18. The Morgan fingerprint density at radius 2 is 1.95 bits per heavy atom. The summed E-state index contributed by atoms with van der Waals surface area (Å²) in [7, 11) is 0. The molecule has 22 heavy (non-hydrogen) atoms. The number of allylic oxidation sites excluding steroid dienone is 1. The Hall–Kier alpha value is -1.28. The van der Waals surface area contributed by atoms with Gasteiger partial charge in [-0.3, -0.25) is 4.79 Å². The van der Waals surface area contributed by atoms with Crippen LogP contribution in [0.4, 0.5) is 0 Å². The van der Waals surface area contributed by atoms with Gasteiger partial charge in [-0.2, -0.15) is 0 Å². The van der Waals surface area contributed by atoms with Crippen molar-refractivity contribution < 1.29 is 14.7 Å². The van der Waals surface area contributed by atoms with Gasteiger partial charge in [0.05, 0.1) is 0 Å². The molecule has 2 N–H and O–H groups in total. The van der Waals surface area contributed by atoms with Gasteiger partial charge in [-0.05, 0) is 44.2 Å². The molecule has 1 aliphatic rings. The van der Waals surface area contributed by atoms with Crippen molar-refractivity contribution in [3.05, 3.63) is 23.5 Å². The Bertz CT molecular complexity index is 528. The van der Waals surface area contributed by atoms with E-state index in [0.29, 0.717) is 17.9 Å². The van der Waals surface area contributed by atoms with Crippen LogP contribution in [0.15, 0.2) is 23.5 Å². The number of carbonyl (C=O) groups is 2. The van der Waals surface area contributed by atoms with Crippen LogP contribution >= 0.6 is 6.89 Å². The van der Waals surface area contributed by atoms with Gasteiger partial charge < -0.3 is 10.4 Å². The summed E-state index contributed by atoms with van der Waals surface area (Å²) < 4.78 is 0. The maximum absolute atomic E-state index is 12.2. The van der Waals surface area contributed by atoms with Crippen LogP contribution in [0.3, 0.4) is 0 Å². The highest BCUT2D eigenvalue weighted by Gasteiger charge is 2.22. The second-order valence-electron chi connectivity index (χ2n) is 6.55. The predicted molar refractivity (Wildman–Crippen MR) is 94.9 cm³/mol. The monoisotopic (exact) mass is 325 g/mol. The second kappa shape index (κ2) is 8.38. The van der Waals surface area contributed by atoms with Crippen molar-refractivity contribution in [3.63, 3.8) is 0 Å². The highest BCUT2D eigenvalue weighted by molar-refractivity contribution is 7.76. The molecule has 0 saturated carbocycles. The topological polar surface area (TPSA) is 66.4 Å². The van der Waals surface area contributed by atoms with Crippen molar-refractivity contribution in [2.24, 2.45) is 5.92 Å². The van der Waals surface area contributed by atoms with Gasteiger partial charge in [-0.15, -0.1) is 0 Å². The normalized spacial score (nSPS) is 18.8. The number of rotatable bonds is 8. The molecule has 0 fully saturated rings. The van der Waals surface area contributed by atoms with Crippen molar-refractivity contribution in [3.8, 4) is 0 Å². The molecular weight excluding hydrogens is 297 g/mol. The molecule has 2 unspecified atom stereocenters. The van der Waals surface area contributed by atoms with Gasteiger partial charge in [-0.25, -0.2) is 4.79 Å². The second-order valence-corrected chi connectivity index (χ2v) is 10.4. The molecule has 0 spiro atoms. The summed E-state index contributed by atoms with van der Waals surface area (Å²) in [4.78, 5) is 23.5. The van der Waals surface area contributed by atoms with E-state index in [0.717, 1.165) is 19.3 Å². The number of amides is 1. The van der Waals surface area contributed by atoms with Gasteiger partial charge in [0, 0.05) is 5.57 Å². The largest absolute Gasteiger partial charge is 0.480 e. The molecule has 5 heteroatoms. The number of nitrogens with one attached hydrogen (secondary N) is 1. The standard InChI is InChI=1S/C17H28NO3P/c1-5-6-13(2)7-8-15(17(20)21)18-16(19)14-9-11-22(3,4)12-10-14/h9-13,15H,5-8H2,1-4H3,(H,18,19)(H,20,21). The zero-order chi connectivity index (χ0) is 16.8. The Morgan fingerprint density at radius 3 is 2.45 bits per heavy atom. The summed E-state index contributed by atoms with van der Waals surface area (Å²) in [6.45, 7) is 7.38. The molecule has 0 saturated heterocycles. The number of aliphatic carboxylic acids is 1. The van der Waals surface area contributed by atoms with E-state index in [1.165, 1.54) is 0 Å².